The van der Waals surface area contributed by atoms with Crippen LogP contribution in [0.25, 0.3) is 0 Å². The van der Waals surface area contributed by atoms with Gasteiger partial charge in [-0.25, -0.2) is 4.79 Å². The first-order valence-electron chi connectivity index (χ1n) is 10.6. The van der Waals surface area contributed by atoms with E-state index in [4.69, 9.17) is 14.2 Å². The van der Waals surface area contributed by atoms with Crippen molar-refractivity contribution in [2.24, 2.45) is 0 Å². The summed E-state index contributed by atoms with van der Waals surface area (Å²) in [7, 11) is 0. The van der Waals surface area contributed by atoms with E-state index in [1.54, 1.807) is 0 Å². The molecule has 0 saturated heterocycles. The summed E-state index contributed by atoms with van der Waals surface area (Å²) in [6, 6.07) is 21.0. The van der Waals surface area contributed by atoms with Gasteiger partial charge in [-0.2, -0.15) is 0 Å². The molecule has 2 aromatic carbocycles. The van der Waals surface area contributed by atoms with Crippen molar-refractivity contribution in [1.29, 1.82) is 0 Å². The summed E-state index contributed by atoms with van der Waals surface area (Å²) in [6.07, 6.45) is 0.750. The number of hydrogen-bond acceptors (Lipinski definition) is 5. The molecule has 0 N–H and O–H groups in total. The van der Waals surface area contributed by atoms with Crippen molar-refractivity contribution in [3.8, 4) is 0 Å². The maximum absolute atomic E-state index is 11.6. The number of nitrogens with zero attached hydrogens (tertiary/aromatic N) is 1. The second-order valence-electron chi connectivity index (χ2n) is 8.29. The summed E-state index contributed by atoms with van der Waals surface area (Å²) in [6.45, 7) is 9.90. The van der Waals surface area contributed by atoms with E-state index in [9.17, 15) is 4.79 Å². The lowest BCUT2D eigenvalue weighted by molar-refractivity contribution is -0.160. The molecule has 0 radical (unpaired) electrons. The molecular weight excluding hydrogens is 378 g/mol. The fourth-order valence-corrected chi connectivity index (χ4v) is 2.98. The van der Waals surface area contributed by atoms with Gasteiger partial charge in [0.15, 0.2) is 0 Å². The second-order valence-corrected chi connectivity index (χ2v) is 8.29. The highest BCUT2D eigenvalue weighted by Crippen LogP contribution is 2.10. The number of carbonyl (C=O) groups excluding carboxylic acids is 1. The van der Waals surface area contributed by atoms with Crippen molar-refractivity contribution in [3.63, 3.8) is 0 Å². The van der Waals surface area contributed by atoms with Gasteiger partial charge in [0.05, 0.1) is 6.61 Å². The Morgan fingerprint density at radius 1 is 0.800 bits per heavy atom. The first-order valence-corrected chi connectivity index (χ1v) is 10.6. The molecule has 0 aliphatic rings. The zero-order chi connectivity index (χ0) is 21.7. The zero-order valence-corrected chi connectivity index (χ0v) is 18.5. The molecule has 0 saturated carbocycles. The number of hydrogen-bond donors (Lipinski definition) is 0. The molecule has 0 aliphatic carbocycles. The average Bonchev–Trinajstić information content (AvgIpc) is 2.70. The van der Waals surface area contributed by atoms with Crippen molar-refractivity contribution in [2.75, 3.05) is 33.0 Å². The van der Waals surface area contributed by atoms with Crippen LogP contribution in [0.1, 0.15) is 38.3 Å². The number of ether oxygens (including phenoxy) is 3. The average molecular weight is 414 g/mol. The quantitative estimate of drug-likeness (QED) is 0.359. The molecule has 0 spiro atoms. The van der Waals surface area contributed by atoms with Gasteiger partial charge >= 0.3 is 5.97 Å². The number of esters is 1. The van der Waals surface area contributed by atoms with Crippen LogP contribution in [0.2, 0.25) is 0 Å². The molecule has 0 aromatic heterocycles. The van der Waals surface area contributed by atoms with Crippen molar-refractivity contribution in [1.82, 2.24) is 4.90 Å². The summed E-state index contributed by atoms with van der Waals surface area (Å²) in [5.41, 5.74) is 2.11. The fraction of sp³-hybridized carbons (Fsp3) is 0.480. The highest BCUT2D eigenvalue weighted by molar-refractivity contribution is 5.71. The van der Waals surface area contributed by atoms with Crippen LogP contribution in [0, 0.1) is 0 Å². The summed E-state index contributed by atoms with van der Waals surface area (Å²) in [5, 5.41) is 0. The third-order valence-corrected chi connectivity index (χ3v) is 4.27. The minimum Gasteiger partial charge on any atom is -0.458 e. The van der Waals surface area contributed by atoms with Gasteiger partial charge in [-0.3, -0.25) is 4.90 Å². The first-order chi connectivity index (χ1) is 14.4. The maximum Gasteiger partial charge on any atom is 0.332 e. The van der Waals surface area contributed by atoms with Gasteiger partial charge < -0.3 is 14.2 Å². The van der Waals surface area contributed by atoms with Gasteiger partial charge in [-0.15, -0.1) is 0 Å². The Bertz CT molecular complexity index is 671. The third-order valence-electron chi connectivity index (χ3n) is 4.27. The standard InChI is InChI=1S/C25H35NO4/c1-25(2,3)30-24(27)21-29-17-10-16-28-18-15-26(19-22-11-6-4-7-12-22)20-23-13-8-5-9-14-23/h4-9,11-14H,10,15-21H2,1-3H3. The number of rotatable bonds is 13. The molecular formula is C25H35NO4. The van der Waals surface area contributed by atoms with Gasteiger partial charge in [0.2, 0.25) is 0 Å². The van der Waals surface area contributed by atoms with Crippen LogP contribution >= 0.6 is 0 Å². The Balaban J connectivity index is 1.64. The predicted molar refractivity (Wildman–Crippen MR) is 119 cm³/mol. The molecule has 0 fully saturated rings. The van der Waals surface area contributed by atoms with Crippen molar-refractivity contribution >= 4 is 5.97 Å². The molecule has 2 rings (SSSR count). The Morgan fingerprint density at radius 2 is 1.33 bits per heavy atom. The summed E-state index contributed by atoms with van der Waals surface area (Å²) >= 11 is 0. The van der Waals surface area contributed by atoms with Crippen molar-refractivity contribution < 1.29 is 19.0 Å². The highest BCUT2D eigenvalue weighted by Gasteiger charge is 2.15. The molecule has 30 heavy (non-hydrogen) atoms. The molecule has 5 heteroatoms. The third kappa shape index (κ3) is 11.1. The van der Waals surface area contributed by atoms with Gasteiger partial charge in [-0.05, 0) is 38.3 Å². The summed E-state index contributed by atoms with van der Waals surface area (Å²) in [4.78, 5) is 14.0. The van der Waals surface area contributed by atoms with E-state index in [0.717, 1.165) is 26.1 Å². The van der Waals surface area contributed by atoms with Gasteiger partial charge in [0.25, 0.3) is 0 Å². The molecule has 2 aromatic rings. The number of benzene rings is 2. The summed E-state index contributed by atoms with van der Waals surface area (Å²) in [5.74, 6) is -0.333. The normalized spacial score (nSPS) is 11.6. The molecule has 5 nitrogen and oxygen atoms in total. The van der Waals surface area contributed by atoms with Crippen LogP contribution in [0.3, 0.4) is 0 Å². The van der Waals surface area contributed by atoms with E-state index >= 15 is 0 Å². The van der Waals surface area contributed by atoms with Crippen LogP contribution in [-0.2, 0) is 32.1 Å². The summed E-state index contributed by atoms with van der Waals surface area (Å²) < 4.78 is 16.4. The Kier molecular flexibility index (Phi) is 10.6. The largest absolute Gasteiger partial charge is 0.458 e. The molecule has 0 atom stereocenters. The van der Waals surface area contributed by atoms with Gasteiger partial charge in [0, 0.05) is 32.8 Å². The molecule has 164 valence electrons. The molecule has 0 amide bonds. The lowest BCUT2D eigenvalue weighted by Crippen LogP contribution is -2.27. The zero-order valence-electron chi connectivity index (χ0n) is 18.5. The van der Waals surface area contributed by atoms with Crippen LogP contribution in [0.4, 0.5) is 0 Å². The predicted octanol–water partition coefficient (Wildman–Crippen LogP) is 4.45. The fourth-order valence-electron chi connectivity index (χ4n) is 2.98. The highest BCUT2D eigenvalue weighted by atomic mass is 16.6. The Labute approximate surface area is 180 Å². The van der Waals surface area contributed by atoms with E-state index in [2.05, 4.69) is 53.4 Å². The topological polar surface area (TPSA) is 48.0 Å². The van der Waals surface area contributed by atoms with Gasteiger partial charge in [-0.1, -0.05) is 60.7 Å². The minimum atomic E-state index is -0.477. The molecule has 0 unspecified atom stereocenters. The van der Waals surface area contributed by atoms with E-state index in [-0.39, 0.29) is 12.6 Å². The smallest absolute Gasteiger partial charge is 0.332 e. The van der Waals surface area contributed by atoms with Crippen LogP contribution in [0.5, 0.6) is 0 Å². The van der Waals surface area contributed by atoms with E-state index in [1.807, 2.05) is 32.9 Å². The van der Waals surface area contributed by atoms with E-state index < -0.39 is 5.60 Å². The van der Waals surface area contributed by atoms with Crippen molar-refractivity contribution in [2.45, 2.75) is 45.9 Å². The monoisotopic (exact) mass is 413 g/mol. The van der Waals surface area contributed by atoms with Gasteiger partial charge in [0.1, 0.15) is 12.2 Å². The van der Waals surface area contributed by atoms with Crippen LogP contribution < -0.4 is 0 Å². The number of carbonyl (C=O) groups is 1. The Hall–Kier alpha value is -2.21. The SMILES string of the molecule is CC(C)(C)OC(=O)COCCCOCCN(Cc1ccccc1)Cc1ccccc1. The van der Waals surface area contributed by atoms with Crippen molar-refractivity contribution in [3.05, 3.63) is 71.8 Å². The second kappa shape index (κ2) is 13.2. The maximum atomic E-state index is 11.6. The minimum absolute atomic E-state index is 0.0147. The molecule has 0 aliphatic heterocycles. The lowest BCUT2D eigenvalue weighted by Gasteiger charge is -2.22. The van der Waals surface area contributed by atoms with E-state index in [0.29, 0.717) is 19.8 Å². The Morgan fingerprint density at radius 3 is 1.87 bits per heavy atom. The molecule has 0 bridgehead atoms. The van der Waals surface area contributed by atoms with Crippen LogP contribution in [-0.4, -0.2) is 49.4 Å². The first kappa shape index (κ1) is 24.1. The van der Waals surface area contributed by atoms with Crippen LogP contribution in [0.15, 0.2) is 60.7 Å². The molecule has 0 heterocycles. The van der Waals surface area contributed by atoms with E-state index in [1.165, 1.54) is 11.1 Å². The lowest BCUT2D eigenvalue weighted by atomic mass is 10.1.